The van der Waals surface area contributed by atoms with Crippen molar-refractivity contribution in [2.75, 3.05) is 32.8 Å². The predicted octanol–water partition coefficient (Wildman–Crippen LogP) is 2.07. The highest BCUT2D eigenvalue weighted by molar-refractivity contribution is 7.89. The Morgan fingerprint density at radius 1 is 1.20 bits per heavy atom. The molecule has 0 unspecified atom stereocenters. The van der Waals surface area contributed by atoms with E-state index in [2.05, 4.69) is 0 Å². The molecule has 0 aliphatic carbocycles. The summed E-state index contributed by atoms with van der Waals surface area (Å²) in [6.07, 6.45) is -0.316. The van der Waals surface area contributed by atoms with E-state index in [1.807, 2.05) is 19.9 Å². The Balaban J connectivity index is 2.04. The van der Waals surface area contributed by atoms with Gasteiger partial charge in [0.15, 0.2) is 0 Å². The number of amides is 1. The molecule has 2 rings (SSSR count). The van der Waals surface area contributed by atoms with E-state index >= 15 is 0 Å². The third kappa shape index (κ3) is 5.17. The van der Waals surface area contributed by atoms with E-state index in [1.54, 1.807) is 25.1 Å². The minimum Gasteiger partial charge on any atom is -0.450 e. The van der Waals surface area contributed by atoms with Crippen molar-refractivity contribution >= 4 is 16.1 Å². The molecular formula is C17H26N2O5S. The van der Waals surface area contributed by atoms with E-state index in [0.717, 1.165) is 5.56 Å². The average molecular weight is 370 g/mol. The van der Waals surface area contributed by atoms with Gasteiger partial charge in [-0.15, -0.1) is 0 Å². The fourth-order valence-electron chi connectivity index (χ4n) is 2.53. The van der Waals surface area contributed by atoms with Gasteiger partial charge in [-0.3, -0.25) is 0 Å². The average Bonchev–Trinajstić information content (AvgIpc) is 2.60. The zero-order valence-electron chi connectivity index (χ0n) is 15.0. The lowest BCUT2D eigenvalue weighted by molar-refractivity contribution is 0.0656. The van der Waals surface area contributed by atoms with Crippen LogP contribution in [0.1, 0.15) is 26.3 Å². The molecule has 1 amide bonds. The molecule has 0 bridgehead atoms. The second-order valence-electron chi connectivity index (χ2n) is 6.10. The number of ether oxygens (including phenoxy) is 2. The maximum absolute atomic E-state index is 12.8. The molecule has 0 aromatic heterocycles. The molecule has 0 spiro atoms. The van der Waals surface area contributed by atoms with E-state index in [1.165, 1.54) is 9.21 Å². The number of piperazine rings is 1. The molecule has 1 aromatic rings. The summed E-state index contributed by atoms with van der Waals surface area (Å²) in [6.45, 7) is 7.46. The molecule has 0 N–H and O–H groups in total. The third-order valence-electron chi connectivity index (χ3n) is 3.88. The molecule has 1 heterocycles. The number of carbonyl (C=O) groups excluding carboxylic acids is 1. The number of hydrogen-bond acceptors (Lipinski definition) is 5. The second-order valence-corrected chi connectivity index (χ2v) is 8.04. The summed E-state index contributed by atoms with van der Waals surface area (Å²) < 4.78 is 37.6. The van der Waals surface area contributed by atoms with Crippen LogP contribution >= 0.6 is 0 Å². The van der Waals surface area contributed by atoms with Gasteiger partial charge in [0.1, 0.15) is 0 Å². The van der Waals surface area contributed by atoms with Gasteiger partial charge in [0, 0.05) is 26.2 Å². The summed E-state index contributed by atoms with van der Waals surface area (Å²) in [5.74, 6) is 0. The largest absolute Gasteiger partial charge is 0.450 e. The molecule has 0 saturated carbocycles. The Kier molecular flexibility index (Phi) is 6.80. The predicted molar refractivity (Wildman–Crippen MR) is 93.7 cm³/mol. The summed E-state index contributed by atoms with van der Waals surface area (Å²) in [6, 6.07) is 6.81. The van der Waals surface area contributed by atoms with Crippen LogP contribution in [0.3, 0.4) is 0 Å². The zero-order valence-corrected chi connectivity index (χ0v) is 15.8. The quantitative estimate of drug-likeness (QED) is 0.766. The molecule has 1 aliphatic rings. The first-order chi connectivity index (χ1) is 11.8. The van der Waals surface area contributed by atoms with Crippen LogP contribution in [-0.2, 0) is 26.1 Å². The molecule has 1 aliphatic heterocycles. The van der Waals surface area contributed by atoms with Crippen LogP contribution in [0.2, 0.25) is 0 Å². The van der Waals surface area contributed by atoms with E-state index in [0.29, 0.717) is 26.3 Å². The number of hydrogen-bond donors (Lipinski definition) is 0. The van der Waals surface area contributed by atoms with E-state index in [-0.39, 0.29) is 24.1 Å². The van der Waals surface area contributed by atoms with Crippen LogP contribution in [0.5, 0.6) is 0 Å². The molecule has 7 nitrogen and oxygen atoms in total. The van der Waals surface area contributed by atoms with Crippen molar-refractivity contribution < 1.29 is 22.7 Å². The number of carbonyl (C=O) groups is 1. The highest BCUT2D eigenvalue weighted by atomic mass is 32.2. The number of rotatable bonds is 6. The molecule has 8 heteroatoms. The van der Waals surface area contributed by atoms with Crippen LogP contribution in [0.25, 0.3) is 0 Å². The Hall–Kier alpha value is -1.64. The first-order valence-corrected chi connectivity index (χ1v) is 9.91. The topological polar surface area (TPSA) is 76.2 Å². The second kappa shape index (κ2) is 8.64. The van der Waals surface area contributed by atoms with E-state index in [4.69, 9.17) is 9.47 Å². The fourth-order valence-corrected chi connectivity index (χ4v) is 4.03. The molecule has 1 aromatic carbocycles. The van der Waals surface area contributed by atoms with Crippen molar-refractivity contribution in [3.05, 3.63) is 29.8 Å². The first-order valence-electron chi connectivity index (χ1n) is 8.47. The maximum atomic E-state index is 12.8. The van der Waals surface area contributed by atoms with Crippen LogP contribution in [0.4, 0.5) is 4.79 Å². The summed E-state index contributed by atoms with van der Waals surface area (Å²) in [7, 11) is -3.59. The van der Waals surface area contributed by atoms with Gasteiger partial charge in [0.2, 0.25) is 10.0 Å². The Morgan fingerprint density at radius 3 is 2.48 bits per heavy atom. The molecule has 1 saturated heterocycles. The van der Waals surface area contributed by atoms with E-state index < -0.39 is 16.1 Å². The highest BCUT2D eigenvalue weighted by Gasteiger charge is 2.30. The SMILES string of the molecule is CCOC(=O)N1CCN(S(=O)(=O)c2cccc(COC(C)C)c2)CC1. The Bertz CT molecular complexity index is 682. The lowest BCUT2D eigenvalue weighted by Crippen LogP contribution is -2.50. The smallest absolute Gasteiger partial charge is 0.409 e. The van der Waals surface area contributed by atoms with Gasteiger partial charge < -0.3 is 14.4 Å². The van der Waals surface area contributed by atoms with Crippen molar-refractivity contribution in [3.63, 3.8) is 0 Å². The Morgan fingerprint density at radius 2 is 1.88 bits per heavy atom. The van der Waals surface area contributed by atoms with Crippen molar-refractivity contribution in [3.8, 4) is 0 Å². The monoisotopic (exact) mass is 370 g/mol. The summed E-state index contributed by atoms with van der Waals surface area (Å²) >= 11 is 0. The molecule has 0 radical (unpaired) electrons. The van der Waals surface area contributed by atoms with Gasteiger partial charge in [-0.05, 0) is 38.5 Å². The minimum atomic E-state index is -3.59. The number of sulfonamides is 1. The van der Waals surface area contributed by atoms with Crippen molar-refractivity contribution in [2.45, 2.75) is 38.4 Å². The molecule has 1 fully saturated rings. The van der Waals surface area contributed by atoms with E-state index in [9.17, 15) is 13.2 Å². The van der Waals surface area contributed by atoms with Gasteiger partial charge in [-0.1, -0.05) is 12.1 Å². The molecule has 0 atom stereocenters. The minimum absolute atomic E-state index is 0.0798. The molecular weight excluding hydrogens is 344 g/mol. The molecule has 25 heavy (non-hydrogen) atoms. The standard InChI is InChI=1S/C17H26N2O5S/c1-4-23-17(20)18-8-10-19(11-9-18)25(21,22)16-7-5-6-15(12-16)13-24-14(2)3/h5-7,12,14H,4,8-11,13H2,1-3H3. The maximum Gasteiger partial charge on any atom is 0.409 e. The van der Waals surface area contributed by atoms with Crippen molar-refractivity contribution in [1.82, 2.24) is 9.21 Å². The summed E-state index contributed by atoms with van der Waals surface area (Å²) in [4.78, 5) is 13.5. The fraction of sp³-hybridized carbons (Fsp3) is 0.588. The van der Waals surface area contributed by atoms with Gasteiger partial charge >= 0.3 is 6.09 Å². The summed E-state index contributed by atoms with van der Waals surface area (Å²) in [5, 5.41) is 0. The number of nitrogens with zero attached hydrogens (tertiary/aromatic N) is 2. The number of benzene rings is 1. The van der Waals surface area contributed by atoms with Crippen LogP contribution in [-0.4, -0.2) is 62.6 Å². The molecule has 140 valence electrons. The van der Waals surface area contributed by atoms with Crippen LogP contribution in [0.15, 0.2) is 29.2 Å². The highest BCUT2D eigenvalue weighted by Crippen LogP contribution is 2.19. The Labute approximate surface area is 149 Å². The van der Waals surface area contributed by atoms with Crippen molar-refractivity contribution in [2.24, 2.45) is 0 Å². The summed E-state index contributed by atoms with van der Waals surface area (Å²) in [5.41, 5.74) is 0.819. The normalized spacial score (nSPS) is 16.2. The van der Waals surface area contributed by atoms with Gasteiger partial charge in [-0.2, -0.15) is 4.31 Å². The van der Waals surface area contributed by atoms with Gasteiger partial charge in [0.05, 0.1) is 24.2 Å². The lowest BCUT2D eigenvalue weighted by Gasteiger charge is -2.33. The van der Waals surface area contributed by atoms with Gasteiger partial charge in [0.25, 0.3) is 0 Å². The lowest BCUT2D eigenvalue weighted by atomic mass is 10.2. The zero-order chi connectivity index (χ0) is 18.4. The van der Waals surface area contributed by atoms with Crippen molar-refractivity contribution in [1.29, 1.82) is 0 Å². The third-order valence-corrected chi connectivity index (χ3v) is 5.78. The van der Waals surface area contributed by atoms with Crippen LogP contribution < -0.4 is 0 Å². The van der Waals surface area contributed by atoms with Crippen LogP contribution in [0, 0.1) is 0 Å². The first kappa shape index (κ1) is 19.7. The van der Waals surface area contributed by atoms with Gasteiger partial charge in [-0.25, -0.2) is 13.2 Å².